The van der Waals surface area contributed by atoms with E-state index in [4.69, 9.17) is 0 Å². The van der Waals surface area contributed by atoms with Gasteiger partial charge in [0.1, 0.15) is 5.57 Å². The van der Waals surface area contributed by atoms with Crippen molar-refractivity contribution in [2.24, 2.45) is 0 Å². The fourth-order valence-electron chi connectivity index (χ4n) is 3.11. The molecule has 0 fully saturated rings. The number of hydrogen-bond acceptors (Lipinski definition) is 4. The fourth-order valence-corrected chi connectivity index (χ4v) is 4.44. The van der Waals surface area contributed by atoms with Crippen LogP contribution < -0.4 is 5.32 Å². The summed E-state index contributed by atoms with van der Waals surface area (Å²) in [6.45, 7) is 4.00. The van der Waals surface area contributed by atoms with Gasteiger partial charge in [0.2, 0.25) is 5.88 Å². The number of nitrogens with zero attached hydrogens (tertiary/aromatic N) is 1. The van der Waals surface area contributed by atoms with Crippen molar-refractivity contribution in [3.8, 4) is 0 Å². The monoisotopic (exact) mass is 410 g/mol. The lowest BCUT2D eigenvalue weighted by atomic mass is 10.00. The molecule has 6 nitrogen and oxygen atoms in total. The van der Waals surface area contributed by atoms with Gasteiger partial charge in [-0.05, 0) is 35.0 Å². The lowest BCUT2D eigenvalue weighted by molar-refractivity contribution is -0.111. The van der Waals surface area contributed by atoms with Crippen LogP contribution in [0.25, 0.3) is 16.3 Å². The Morgan fingerprint density at radius 1 is 0.931 bits per heavy atom. The van der Waals surface area contributed by atoms with Crippen LogP contribution in [0.4, 0.5) is 5.69 Å². The molecule has 2 N–H and O–H groups in total. The highest BCUT2D eigenvalue weighted by Gasteiger charge is 2.37. The van der Waals surface area contributed by atoms with E-state index < -0.39 is 21.8 Å². The van der Waals surface area contributed by atoms with Gasteiger partial charge < -0.3 is 10.4 Å². The summed E-state index contributed by atoms with van der Waals surface area (Å²) in [6, 6.07) is 19.2. The molecule has 1 aliphatic rings. The van der Waals surface area contributed by atoms with Crippen LogP contribution in [0.2, 0.25) is 0 Å². The van der Waals surface area contributed by atoms with Gasteiger partial charge >= 0.3 is 0 Å². The lowest BCUT2D eigenvalue weighted by Gasteiger charge is -2.28. The summed E-state index contributed by atoms with van der Waals surface area (Å²) in [5, 5.41) is 14.7. The maximum absolute atomic E-state index is 12.9. The summed E-state index contributed by atoms with van der Waals surface area (Å²) < 4.78 is 26.3. The second-order valence-electron chi connectivity index (χ2n) is 6.19. The molecular weight excluding hydrogens is 388 g/mol. The number of carbonyl (C=O) groups is 1. The van der Waals surface area contributed by atoms with E-state index in [0.29, 0.717) is 5.69 Å². The van der Waals surface area contributed by atoms with Crippen LogP contribution in [0, 0.1) is 0 Å². The standard InChI is InChI=1S/C20H16N2O4S.C2H6/c1-22-20(24)18(19(23)21-15-9-3-2-4-10-15)16-11-13-7-5-6-8-14(13)12-17(16)27(22,25)26;1-2/h2-12,24H,1H3,(H,21,23);1-2H3. The number of carbonyl (C=O) groups excluding carboxylic acids is 1. The van der Waals surface area contributed by atoms with Crippen LogP contribution in [-0.2, 0) is 14.8 Å². The molecule has 0 spiro atoms. The molecule has 1 aliphatic heterocycles. The second kappa shape index (κ2) is 7.97. The SMILES string of the molecule is CC.CN1C(O)=C(C(=O)Nc2ccccc2)c2cc3ccccc3cc2S1(=O)=O. The fraction of sp³-hybridized carbons (Fsp3) is 0.136. The third-order valence-corrected chi connectivity index (χ3v) is 6.32. The number of sulfonamides is 1. The van der Waals surface area contributed by atoms with Crippen molar-refractivity contribution in [1.82, 2.24) is 4.31 Å². The Hall–Kier alpha value is -3.32. The molecule has 0 unspecified atom stereocenters. The van der Waals surface area contributed by atoms with E-state index in [0.717, 1.165) is 15.1 Å². The van der Waals surface area contributed by atoms with Crippen LogP contribution in [0.5, 0.6) is 0 Å². The zero-order valence-electron chi connectivity index (χ0n) is 16.4. The normalized spacial score (nSPS) is 14.7. The Bertz CT molecular complexity index is 1200. The van der Waals surface area contributed by atoms with Gasteiger partial charge in [-0.2, -0.15) is 0 Å². The number of fused-ring (bicyclic) bond motifs is 2. The van der Waals surface area contributed by atoms with Crippen molar-refractivity contribution in [3.05, 3.63) is 78.2 Å². The maximum Gasteiger partial charge on any atom is 0.267 e. The smallest absolute Gasteiger partial charge is 0.267 e. The molecule has 4 rings (SSSR count). The number of anilines is 1. The predicted octanol–water partition coefficient (Wildman–Crippen LogP) is 4.37. The zero-order valence-corrected chi connectivity index (χ0v) is 17.2. The topological polar surface area (TPSA) is 86.7 Å². The molecule has 7 heteroatoms. The number of para-hydroxylation sites is 1. The molecule has 0 saturated carbocycles. The van der Waals surface area contributed by atoms with E-state index in [1.54, 1.807) is 36.4 Å². The molecule has 3 aromatic carbocycles. The van der Waals surface area contributed by atoms with E-state index in [1.165, 1.54) is 13.1 Å². The quantitative estimate of drug-likeness (QED) is 0.657. The van der Waals surface area contributed by atoms with Crippen molar-refractivity contribution in [2.45, 2.75) is 18.7 Å². The third-order valence-electron chi connectivity index (χ3n) is 4.54. The van der Waals surface area contributed by atoms with E-state index in [2.05, 4.69) is 5.32 Å². The van der Waals surface area contributed by atoms with Gasteiger partial charge in [-0.25, -0.2) is 12.7 Å². The van der Waals surface area contributed by atoms with Crippen LogP contribution in [0.15, 0.2) is 77.5 Å². The summed E-state index contributed by atoms with van der Waals surface area (Å²) >= 11 is 0. The van der Waals surface area contributed by atoms with Gasteiger partial charge in [-0.3, -0.25) is 4.79 Å². The molecule has 3 aromatic rings. The van der Waals surface area contributed by atoms with Crippen molar-refractivity contribution in [1.29, 1.82) is 0 Å². The highest BCUT2D eigenvalue weighted by molar-refractivity contribution is 7.89. The first-order valence-corrected chi connectivity index (χ1v) is 10.7. The average Bonchev–Trinajstić information content (AvgIpc) is 2.74. The zero-order chi connectivity index (χ0) is 21.2. The Morgan fingerprint density at radius 2 is 1.48 bits per heavy atom. The van der Waals surface area contributed by atoms with Crippen molar-refractivity contribution in [3.63, 3.8) is 0 Å². The maximum atomic E-state index is 12.9. The van der Waals surface area contributed by atoms with Crippen LogP contribution in [0.3, 0.4) is 0 Å². The number of benzene rings is 3. The Labute approximate surface area is 170 Å². The van der Waals surface area contributed by atoms with Crippen LogP contribution >= 0.6 is 0 Å². The Balaban J connectivity index is 0.00000117. The highest BCUT2D eigenvalue weighted by Crippen LogP contribution is 2.37. The molecule has 1 heterocycles. The summed E-state index contributed by atoms with van der Waals surface area (Å²) in [7, 11) is -2.73. The second-order valence-corrected chi connectivity index (χ2v) is 8.12. The molecule has 0 aliphatic carbocycles. The minimum Gasteiger partial charge on any atom is -0.493 e. The van der Waals surface area contributed by atoms with E-state index in [1.807, 2.05) is 38.1 Å². The summed E-state index contributed by atoms with van der Waals surface area (Å²) in [5.41, 5.74) is 0.635. The van der Waals surface area contributed by atoms with Crippen molar-refractivity contribution >= 4 is 38.0 Å². The third kappa shape index (κ3) is 3.56. The van der Waals surface area contributed by atoms with E-state index in [-0.39, 0.29) is 16.0 Å². The number of rotatable bonds is 2. The minimum atomic E-state index is -3.96. The molecule has 0 bridgehead atoms. The first-order chi connectivity index (χ1) is 13.9. The summed E-state index contributed by atoms with van der Waals surface area (Å²) in [4.78, 5) is 12.9. The summed E-state index contributed by atoms with van der Waals surface area (Å²) in [5.74, 6) is -1.19. The Morgan fingerprint density at radius 3 is 2.10 bits per heavy atom. The molecule has 150 valence electrons. The number of nitrogens with one attached hydrogen (secondary N) is 1. The lowest BCUT2D eigenvalue weighted by Crippen LogP contribution is -2.34. The van der Waals surface area contributed by atoms with Gasteiger partial charge in [-0.1, -0.05) is 56.3 Å². The van der Waals surface area contributed by atoms with E-state index >= 15 is 0 Å². The average molecular weight is 410 g/mol. The molecule has 0 atom stereocenters. The van der Waals surface area contributed by atoms with Crippen molar-refractivity contribution in [2.75, 3.05) is 12.4 Å². The van der Waals surface area contributed by atoms with Gasteiger partial charge in [0.15, 0.2) is 0 Å². The molecule has 0 radical (unpaired) electrons. The Kier molecular flexibility index (Phi) is 5.61. The first kappa shape index (κ1) is 20.4. The van der Waals surface area contributed by atoms with E-state index in [9.17, 15) is 18.3 Å². The molecule has 29 heavy (non-hydrogen) atoms. The molecular formula is C22H22N2O4S. The summed E-state index contributed by atoms with van der Waals surface area (Å²) in [6.07, 6.45) is 0. The molecule has 1 amide bonds. The number of hydrogen-bond donors (Lipinski definition) is 2. The first-order valence-electron chi connectivity index (χ1n) is 9.21. The van der Waals surface area contributed by atoms with Crippen LogP contribution in [-0.4, -0.2) is 30.8 Å². The number of aliphatic hydroxyl groups excluding tert-OH is 1. The van der Waals surface area contributed by atoms with Gasteiger partial charge in [0.05, 0.1) is 4.90 Å². The molecule has 0 saturated heterocycles. The number of aliphatic hydroxyl groups is 1. The minimum absolute atomic E-state index is 0.0142. The predicted molar refractivity (Wildman–Crippen MR) is 115 cm³/mol. The van der Waals surface area contributed by atoms with Gasteiger partial charge in [0.25, 0.3) is 15.9 Å². The highest BCUT2D eigenvalue weighted by atomic mass is 32.2. The van der Waals surface area contributed by atoms with Crippen LogP contribution in [0.1, 0.15) is 19.4 Å². The largest absolute Gasteiger partial charge is 0.493 e. The molecule has 0 aromatic heterocycles. The number of amides is 1. The van der Waals surface area contributed by atoms with Gasteiger partial charge in [-0.15, -0.1) is 0 Å². The van der Waals surface area contributed by atoms with Crippen molar-refractivity contribution < 1.29 is 18.3 Å². The van der Waals surface area contributed by atoms with Gasteiger partial charge in [0, 0.05) is 18.3 Å².